The molecule has 0 fully saturated rings. The summed E-state index contributed by atoms with van der Waals surface area (Å²) in [4.78, 5) is 94.3. The number of rotatable bonds is 34. The molecule has 83 heavy (non-hydrogen) atoms. The first-order valence-electron chi connectivity index (χ1n) is 28.8. The molecule has 0 aromatic rings. The molecule has 0 bridgehead atoms. The smallest absolute Gasteiger partial charge is 0.333 e. The van der Waals surface area contributed by atoms with Crippen LogP contribution in [0, 0.1) is 0 Å². The van der Waals surface area contributed by atoms with Crippen LogP contribution in [0.15, 0.2) is 112 Å². The minimum atomic E-state index is -0.359. The van der Waals surface area contributed by atoms with Crippen molar-refractivity contribution in [2.24, 2.45) is 0 Å². The van der Waals surface area contributed by atoms with Crippen LogP contribution in [0.2, 0.25) is 0 Å². The first-order chi connectivity index (χ1) is 39.3. The molecule has 0 atom stereocenters. The Labute approximate surface area is 502 Å². The number of unbranched alkanes of at least 4 members (excludes halogenated alkanes) is 8. The normalized spacial score (nSPS) is 8.69. The monoisotopic (exact) mass is 1180 g/mol. The van der Waals surface area contributed by atoms with Crippen LogP contribution in [0.3, 0.4) is 0 Å². The number of hydrogen-bond acceptors (Lipinski definition) is 16. The minimum absolute atomic E-state index is 0.0446. The van der Waals surface area contributed by atoms with Crippen molar-refractivity contribution in [1.82, 2.24) is 10.6 Å². The molecule has 0 saturated heterocycles. The van der Waals surface area contributed by atoms with Gasteiger partial charge in [0, 0.05) is 59.7 Å². The fourth-order valence-electron chi connectivity index (χ4n) is 3.88. The Morgan fingerprint density at radius 1 is 0.313 bits per heavy atom. The summed E-state index contributed by atoms with van der Waals surface area (Å²) in [5.74, 6) is -2.33. The molecule has 2 N–H and O–H groups in total. The lowest BCUT2D eigenvalue weighted by Crippen LogP contribution is -2.24. The summed E-state index contributed by atoms with van der Waals surface area (Å²) in [5, 5.41) is 5.32. The summed E-state index contributed by atoms with van der Waals surface area (Å²) in [5.41, 5.74) is 1.98. The number of carbonyl (C=O) groups excluding carboxylic acids is 9. The zero-order chi connectivity index (χ0) is 66.1. The largest absolute Gasteiger partial charge is 0.463 e. The average molecular weight is 1180 g/mol. The van der Waals surface area contributed by atoms with E-state index in [1.165, 1.54) is 43.9 Å². The van der Waals surface area contributed by atoms with Crippen molar-refractivity contribution in [3.8, 4) is 0 Å². The third-order valence-corrected chi connectivity index (χ3v) is 8.49. The summed E-state index contributed by atoms with van der Waals surface area (Å²) >= 11 is 0. The molecule has 0 aromatic heterocycles. The third-order valence-electron chi connectivity index (χ3n) is 8.49. The Morgan fingerprint density at radius 2 is 0.602 bits per heavy atom. The van der Waals surface area contributed by atoms with Gasteiger partial charge in [-0.2, -0.15) is 0 Å². The lowest BCUT2D eigenvalue weighted by Gasteiger charge is -2.02. The maximum atomic E-state index is 10.9. The van der Waals surface area contributed by atoms with Gasteiger partial charge in [0.1, 0.15) is 0 Å². The van der Waals surface area contributed by atoms with Crippen molar-refractivity contribution in [1.29, 1.82) is 0 Å². The third kappa shape index (κ3) is 104. The highest BCUT2D eigenvalue weighted by Crippen LogP contribution is 2.01. The van der Waals surface area contributed by atoms with Crippen molar-refractivity contribution in [2.45, 2.75) is 193 Å². The van der Waals surface area contributed by atoms with Gasteiger partial charge in [-0.05, 0) is 92.1 Å². The highest BCUT2D eigenvalue weighted by atomic mass is 16.6. The Kier molecular flexibility index (Phi) is 93.3. The van der Waals surface area contributed by atoms with Gasteiger partial charge >= 0.3 is 41.8 Å². The van der Waals surface area contributed by atoms with Crippen molar-refractivity contribution in [2.75, 3.05) is 59.3 Å². The van der Waals surface area contributed by atoms with E-state index in [0.29, 0.717) is 68.5 Å². The Bertz CT molecular complexity index is 1730. The van der Waals surface area contributed by atoms with Crippen LogP contribution < -0.4 is 10.6 Å². The number of esters is 7. The highest BCUT2D eigenvalue weighted by Gasteiger charge is 2.03. The van der Waals surface area contributed by atoms with Gasteiger partial charge in [-0.15, -0.1) is 0 Å². The zero-order valence-corrected chi connectivity index (χ0v) is 54.0. The fraction of sp³-hybridized carbons (Fsp3) is 0.585. The molecule has 0 saturated carbocycles. The SMILES string of the molecule is C=C(C)C(=O)NCCC.C=C(C)C(=O)OCCC.C=C(C)C(=O)OCCCC.C=C(C)C(=O)OCCCCCC.C=CC(=O)NCCC.C=CC(=O)OCC.C=CC(=O)OCCC.C=CC(=O)OCCCC.C=CC(=O)OCCCCCC. The number of nitrogens with one attached hydrogen (secondary N) is 2. The molecule has 0 spiro atoms. The highest BCUT2D eigenvalue weighted by molar-refractivity contribution is 5.92. The summed E-state index contributed by atoms with van der Waals surface area (Å²) in [6, 6.07) is 0. The van der Waals surface area contributed by atoms with Crippen LogP contribution >= 0.6 is 0 Å². The van der Waals surface area contributed by atoms with E-state index in [-0.39, 0.29) is 53.6 Å². The quantitative estimate of drug-likeness (QED) is 0.0263. The van der Waals surface area contributed by atoms with Crippen molar-refractivity contribution in [3.63, 3.8) is 0 Å². The molecule has 0 aliphatic carbocycles. The molecule has 0 rings (SSSR count). The second-order valence-electron chi connectivity index (χ2n) is 17.2. The van der Waals surface area contributed by atoms with E-state index in [2.05, 4.69) is 105 Å². The maximum Gasteiger partial charge on any atom is 0.333 e. The van der Waals surface area contributed by atoms with E-state index < -0.39 is 0 Å². The van der Waals surface area contributed by atoms with Crippen LogP contribution in [-0.4, -0.2) is 113 Å². The molecule has 0 aromatic carbocycles. The van der Waals surface area contributed by atoms with E-state index in [9.17, 15) is 43.2 Å². The Morgan fingerprint density at radius 3 is 0.880 bits per heavy atom. The predicted octanol–water partition coefficient (Wildman–Crippen LogP) is 13.6. The lowest BCUT2D eigenvalue weighted by molar-refractivity contribution is -0.139. The predicted molar refractivity (Wildman–Crippen MR) is 338 cm³/mol. The first kappa shape index (κ1) is 95.1. The summed E-state index contributed by atoms with van der Waals surface area (Å²) in [6.07, 6.45) is 22.6. The Balaban J connectivity index is -0.000000106. The van der Waals surface area contributed by atoms with Crippen molar-refractivity contribution >= 4 is 53.6 Å². The van der Waals surface area contributed by atoms with Crippen LogP contribution in [0.5, 0.6) is 0 Å². The first-order valence-corrected chi connectivity index (χ1v) is 28.8. The van der Waals surface area contributed by atoms with Gasteiger partial charge in [-0.3, -0.25) is 9.59 Å². The molecule has 0 radical (unpaired) electrons. The van der Waals surface area contributed by atoms with Gasteiger partial charge in [0.25, 0.3) is 0 Å². The second-order valence-corrected chi connectivity index (χ2v) is 17.2. The number of hydrogen-bond donors (Lipinski definition) is 2. The van der Waals surface area contributed by atoms with Gasteiger partial charge in [0.05, 0.1) is 46.2 Å². The average Bonchev–Trinajstić information content (AvgIpc) is 3.47. The second kappa shape index (κ2) is 81.4. The Hall–Kier alpha value is -7.11. The molecular weight excluding hydrogens is 1060 g/mol. The fourth-order valence-corrected chi connectivity index (χ4v) is 3.88. The lowest BCUT2D eigenvalue weighted by atomic mass is 10.2. The van der Waals surface area contributed by atoms with E-state index in [0.717, 1.165) is 102 Å². The van der Waals surface area contributed by atoms with E-state index in [1.807, 2.05) is 34.6 Å². The van der Waals surface area contributed by atoms with Crippen molar-refractivity contribution < 1.29 is 76.3 Å². The standard InChI is InChI=1S/C10H18O2.C9H16O2.C8H14O2.C7H13NO.2C7H12O2.C6H11NO.C6H10O2.C5H8O2/c1-4-5-6-7-8-12-10(11)9(2)3;1-3-5-6-7-8-11-9(10)4-2;1-4-5-6-10-8(9)7(2)3;1-4-5-8-7(9)6(2)3;1-4-5-9-7(8)6(2)3;1-3-5-6-9-7(8)4-2;1-3-5-7-6(8)4-2;1-3-5-8-6(7)4-2;1-3-5(6)7-4-2/h2,4-8H2,1,3H3;4H,2-3,5-8H2,1H3;2,4-6H2,1,3H3;2,4-5H2,1,3H3,(H,8,9);2,4-5H2,1,3H3;4H,2-3,5-6H2,1H3;4H,2-3,5H2,1H3,(H,7,8);4H,2-3,5H2,1H3;3H,1,4H2,2H3. The molecule has 18 heteroatoms. The zero-order valence-electron chi connectivity index (χ0n) is 54.0. The molecular formula is C65H114N2O16. The summed E-state index contributed by atoms with van der Waals surface area (Å²) < 4.78 is 32.9. The van der Waals surface area contributed by atoms with Gasteiger partial charge in [0.15, 0.2) is 0 Å². The summed E-state index contributed by atoms with van der Waals surface area (Å²) in [7, 11) is 0. The molecule has 2 amide bonds. The van der Waals surface area contributed by atoms with Gasteiger partial charge < -0.3 is 43.8 Å². The minimum Gasteiger partial charge on any atom is -0.463 e. The van der Waals surface area contributed by atoms with Crippen LogP contribution in [0.4, 0.5) is 0 Å². The van der Waals surface area contributed by atoms with Crippen LogP contribution in [-0.2, 0) is 76.3 Å². The molecule has 480 valence electrons. The number of ether oxygens (including phenoxy) is 7. The van der Waals surface area contributed by atoms with E-state index >= 15 is 0 Å². The molecule has 0 aliphatic heterocycles. The van der Waals surface area contributed by atoms with Crippen molar-refractivity contribution in [3.05, 3.63) is 112 Å². The number of amides is 2. The van der Waals surface area contributed by atoms with Crippen LogP contribution in [0.25, 0.3) is 0 Å². The molecule has 0 aliphatic rings. The van der Waals surface area contributed by atoms with Crippen LogP contribution in [0.1, 0.15) is 193 Å². The topological polar surface area (TPSA) is 242 Å². The van der Waals surface area contributed by atoms with Gasteiger partial charge in [0.2, 0.25) is 11.8 Å². The summed E-state index contributed by atoms with van der Waals surface area (Å²) in [6.45, 7) is 59.9. The van der Waals surface area contributed by atoms with E-state index in [1.54, 1.807) is 34.6 Å². The molecule has 0 unspecified atom stereocenters. The molecule has 18 nitrogen and oxygen atoms in total. The van der Waals surface area contributed by atoms with Gasteiger partial charge in [-0.1, -0.05) is 166 Å². The number of carbonyl (C=O) groups is 9. The van der Waals surface area contributed by atoms with Gasteiger partial charge in [-0.25, -0.2) is 33.6 Å². The van der Waals surface area contributed by atoms with E-state index in [4.69, 9.17) is 18.9 Å². The molecule has 0 heterocycles. The maximum absolute atomic E-state index is 10.9.